The minimum absolute atomic E-state index is 0.167. The van der Waals surface area contributed by atoms with E-state index >= 15 is 0 Å². The van der Waals surface area contributed by atoms with E-state index in [0.29, 0.717) is 12.4 Å². The van der Waals surface area contributed by atoms with Gasteiger partial charge in [0.15, 0.2) is 0 Å². The van der Waals surface area contributed by atoms with E-state index in [4.69, 9.17) is 10.5 Å². The summed E-state index contributed by atoms with van der Waals surface area (Å²) in [6.45, 7) is 2.29. The zero-order valence-electron chi connectivity index (χ0n) is 9.10. The van der Waals surface area contributed by atoms with Crippen molar-refractivity contribution in [3.8, 4) is 5.75 Å². The van der Waals surface area contributed by atoms with E-state index in [9.17, 15) is 9.59 Å². The lowest BCUT2D eigenvalue weighted by Crippen LogP contribution is -2.16. The third kappa shape index (κ3) is 3.49. The summed E-state index contributed by atoms with van der Waals surface area (Å²) in [6, 6.07) is 3.80. The molecule has 0 unspecified atom stereocenters. The zero-order chi connectivity index (χ0) is 12.8. The van der Waals surface area contributed by atoms with Gasteiger partial charge < -0.3 is 15.8 Å². The number of nitrogens with one attached hydrogen (secondary N) is 1. The van der Waals surface area contributed by atoms with Crippen LogP contribution in [0.1, 0.15) is 17.3 Å². The van der Waals surface area contributed by atoms with Crippen molar-refractivity contribution in [2.45, 2.75) is 6.92 Å². The van der Waals surface area contributed by atoms with Gasteiger partial charge in [0, 0.05) is 18.5 Å². The number of ether oxygens (including phenoxy) is 1. The van der Waals surface area contributed by atoms with E-state index in [0.717, 1.165) is 0 Å². The van der Waals surface area contributed by atoms with Gasteiger partial charge in [-0.15, -0.1) is 4.36 Å². The van der Waals surface area contributed by atoms with Crippen LogP contribution >= 0.6 is 0 Å². The molecule has 0 spiro atoms. The molecule has 0 aliphatic heterocycles. The van der Waals surface area contributed by atoms with Crippen LogP contribution in [0.2, 0.25) is 0 Å². The number of hydrogen-bond donors (Lipinski definition) is 2. The highest BCUT2D eigenvalue weighted by Gasteiger charge is 2.11. The van der Waals surface area contributed by atoms with Crippen LogP contribution in [0, 0.1) is 0 Å². The second kappa shape index (κ2) is 5.90. The van der Waals surface area contributed by atoms with Crippen molar-refractivity contribution in [2.75, 3.05) is 11.9 Å². The summed E-state index contributed by atoms with van der Waals surface area (Å²) >= 11 is 4.23. The molecule has 0 atom stereocenters. The highest BCUT2D eigenvalue weighted by atomic mass is 32.1. The van der Waals surface area contributed by atoms with Gasteiger partial charge in [0.2, 0.25) is 0 Å². The molecule has 0 radical (unpaired) electrons. The predicted molar refractivity (Wildman–Crippen MR) is 64.9 cm³/mol. The lowest BCUT2D eigenvalue weighted by Gasteiger charge is -2.09. The van der Waals surface area contributed by atoms with E-state index < -0.39 is 11.9 Å². The number of carbonyl (C=O) groups is 2. The van der Waals surface area contributed by atoms with Gasteiger partial charge in [-0.25, -0.2) is 4.79 Å². The molecule has 0 aromatic heterocycles. The molecule has 0 heterocycles. The van der Waals surface area contributed by atoms with Gasteiger partial charge in [-0.1, -0.05) is 0 Å². The number of anilines is 1. The fourth-order valence-corrected chi connectivity index (χ4v) is 1.28. The van der Waals surface area contributed by atoms with E-state index in [1.807, 2.05) is 6.92 Å². The Kier molecular flexibility index (Phi) is 4.53. The minimum atomic E-state index is -0.740. The molecule has 90 valence electrons. The van der Waals surface area contributed by atoms with E-state index in [-0.39, 0.29) is 11.3 Å². The fourth-order valence-electron chi connectivity index (χ4n) is 1.24. The number of nitrogens with zero attached hydrogens (tertiary/aromatic N) is 1. The molecular weight excluding hydrogens is 242 g/mol. The molecule has 0 aliphatic carbocycles. The first-order chi connectivity index (χ1) is 8.08. The summed E-state index contributed by atoms with van der Waals surface area (Å²) in [5.74, 6) is -0.148. The van der Waals surface area contributed by atoms with Crippen LogP contribution in [0.15, 0.2) is 22.6 Å². The number of primary amides is 1. The van der Waals surface area contributed by atoms with Crippen LogP contribution in [0.5, 0.6) is 5.75 Å². The molecule has 0 fully saturated rings. The third-order valence-electron chi connectivity index (χ3n) is 1.89. The van der Waals surface area contributed by atoms with Crippen molar-refractivity contribution < 1.29 is 14.3 Å². The van der Waals surface area contributed by atoms with E-state index in [2.05, 4.69) is 22.1 Å². The molecule has 0 bridgehead atoms. The molecule has 0 saturated heterocycles. The van der Waals surface area contributed by atoms with Gasteiger partial charge in [0.1, 0.15) is 5.75 Å². The van der Waals surface area contributed by atoms with Gasteiger partial charge in [0.05, 0.1) is 17.9 Å². The maximum atomic E-state index is 11.1. The fraction of sp³-hybridized carbons (Fsp3) is 0.200. The molecule has 7 heteroatoms. The molecule has 1 rings (SSSR count). The van der Waals surface area contributed by atoms with Gasteiger partial charge in [-0.05, 0) is 19.1 Å². The number of carbonyl (C=O) groups excluding carboxylic acids is 2. The molecule has 17 heavy (non-hydrogen) atoms. The van der Waals surface area contributed by atoms with E-state index in [1.54, 1.807) is 6.07 Å². The molecule has 3 N–H and O–H groups in total. The first-order valence-corrected chi connectivity index (χ1v) is 5.16. The van der Waals surface area contributed by atoms with Crippen molar-refractivity contribution >= 4 is 30.1 Å². The van der Waals surface area contributed by atoms with E-state index in [1.165, 1.54) is 12.1 Å². The zero-order valence-corrected chi connectivity index (χ0v) is 9.91. The van der Waals surface area contributed by atoms with Crippen molar-refractivity contribution in [1.82, 2.24) is 0 Å². The number of benzene rings is 1. The van der Waals surface area contributed by atoms with Crippen LogP contribution in [0.25, 0.3) is 0 Å². The van der Waals surface area contributed by atoms with Gasteiger partial charge in [-0.3, -0.25) is 4.79 Å². The second-order valence-electron chi connectivity index (χ2n) is 3.03. The highest BCUT2D eigenvalue weighted by Crippen LogP contribution is 2.22. The van der Waals surface area contributed by atoms with Crippen molar-refractivity contribution in [3.63, 3.8) is 0 Å². The van der Waals surface area contributed by atoms with Crippen LogP contribution in [0.4, 0.5) is 10.5 Å². The number of urea groups is 1. The first kappa shape index (κ1) is 13.0. The van der Waals surface area contributed by atoms with Crippen molar-refractivity contribution in [3.05, 3.63) is 23.8 Å². The Balaban J connectivity index is 3.10. The van der Waals surface area contributed by atoms with Crippen LogP contribution < -0.4 is 15.8 Å². The van der Waals surface area contributed by atoms with Crippen LogP contribution in [0.3, 0.4) is 0 Å². The molecule has 0 aliphatic rings. The quantitative estimate of drug-likeness (QED) is 0.849. The van der Waals surface area contributed by atoms with Gasteiger partial charge >= 0.3 is 6.03 Å². The molecule has 1 aromatic rings. The molecule has 0 saturated carbocycles. The monoisotopic (exact) mass is 253 g/mol. The Morgan fingerprint density at radius 2 is 2.24 bits per heavy atom. The number of amides is 3. The average molecular weight is 253 g/mol. The second-order valence-corrected chi connectivity index (χ2v) is 3.21. The summed E-state index contributed by atoms with van der Waals surface area (Å²) in [5, 5.41) is 2.35. The molecular formula is C10H11N3O3S. The Morgan fingerprint density at radius 1 is 1.53 bits per heavy atom. The topological polar surface area (TPSA) is 93.8 Å². The Morgan fingerprint density at radius 3 is 2.76 bits per heavy atom. The summed E-state index contributed by atoms with van der Waals surface area (Å²) in [5.41, 5.74) is 5.56. The van der Waals surface area contributed by atoms with Crippen molar-refractivity contribution in [2.24, 2.45) is 10.1 Å². The maximum absolute atomic E-state index is 11.1. The number of nitrogens with two attached hydrogens (primary N) is 1. The summed E-state index contributed by atoms with van der Waals surface area (Å²) < 4.78 is 8.24. The SMILES string of the molecule is CCOc1ccc(C(N)=O)c(NC(=O)N=S)c1. The predicted octanol–water partition coefficient (Wildman–Crippen LogP) is 1.45. The highest BCUT2D eigenvalue weighted by molar-refractivity contribution is 7.47. The standard InChI is InChI=1S/C10H11N3O3S/c1-2-16-6-3-4-7(9(11)14)8(5-6)12-10(15)13-17/h3-5H,2H2,1H3,(H2,11,14)(H,12,15). The summed E-state index contributed by atoms with van der Waals surface area (Å²) in [7, 11) is 0. The minimum Gasteiger partial charge on any atom is -0.494 e. The smallest absolute Gasteiger partial charge is 0.356 e. The maximum Gasteiger partial charge on any atom is 0.356 e. The molecule has 6 nitrogen and oxygen atoms in total. The Bertz CT molecular complexity index is 462. The van der Waals surface area contributed by atoms with Crippen molar-refractivity contribution in [1.29, 1.82) is 0 Å². The molecule has 1 aromatic carbocycles. The largest absolute Gasteiger partial charge is 0.494 e. The Labute approximate surface area is 103 Å². The lowest BCUT2D eigenvalue weighted by molar-refractivity contribution is 0.100. The van der Waals surface area contributed by atoms with Gasteiger partial charge in [0.25, 0.3) is 5.91 Å². The lowest BCUT2D eigenvalue weighted by atomic mass is 10.1. The summed E-state index contributed by atoms with van der Waals surface area (Å²) in [6.07, 6.45) is 0. The molecule has 3 amide bonds. The summed E-state index contributed by atoms with van der Waals surface area (Å²) in [4.78, 5) is 22.2. The average Bonchev–Trinajstić information content (AvgIpc) is 2.29. The first-order valence-electron chi connectivity index (χ1n) is 4.79. The van der Waals surface area contributed by atoms with Gasteiger partial charge in [-0.2, -0.15) is 0 Å². The number of hydrogen-bond acceptors (Lipinski definition) is 4. The van der Waals surface area contributed by atoms with Crippen LogP contribution in [-0.4, -0.2) is 18.5 Å². The third-order valence-corrected chi connectivity index (χ3v) is 2.06. The normalized spacial score (nSPS) is 9.47. The number of rotatable bonds is 4. The van der Waals surface area contributed by atoms with Crippen LogP contribution in [-0.2, 0) is 12.4 Å². The Hall–Kier alpha value is -2.02.